The molecule has 0 aromatic heterocycles. The van der Waals surface area contributed by atoms with Crippen molar-refractivity contribution in [3.8, 4) is 0 Å². The number of hydrogen-bond acceptors (Lipinski definition) is 1. The van der Waals surface area contributed by atoms with Gasteiger partial charge in [0.2, 0.25) is 0 Å². The van der Waals surface area contributed by atoms with E-state index in [0.29, 0.717) is 0 Å². The van der Waals surface area contributed by atoms with Gasteiger partial charge in [0, 0.05) is 6.08 Å². The van der Waals surface area contributed by atoms with Crippen LogP contribution in [-0.2, 0) is 17.6 Å². The molecule has 0 fully saturated rings. The Labute approximate surface area is 131 Å². The predicted octanol–water partition coefficient (Wildman–Crippen LogP) is 4.39. The number of aryl methyl sites for hydroxylation is 3. The number of benzene rings is 2. The van der Waals surface area contributed by atoms with Crippen LogP contribution in [0.2, 0.25) is 0 Å². The molecular weight excluding hydrogens is 272 g/mol. The van der Waals surface area contributed by atoms with Crippen molar-refractivity contribution in [1.29, 1.82) is 0 Å². The fourth-order valence-electron chi connectivity index (χ4n) is 3.09. The van der Waals surface area contributed by atoms with Crippen LogP contribution in [0.25, 0.3) is 5.57 Å². The number of rotatable bonds is 3. The average Bonchev–Trinajstić information content (AvgIpc) is 2.53. The lowest BCUT2D eigenvalue weighted by Gasteiger charge is -2.17. The van der Waals surface area contributed by atoms with Gasteiger partial charge in [0.1, 0.15) is 0 Å². The van der Waals surface area contributed by atoms with Crippen LogP contribution in [0.5, 0.6) is 0 Å². The van der Waals surface area contributed by atoms with Crippen LogP contribution in [0.15, 0.2) is 48.5 Å². The number of fused-ring (bicyclic) bond motifs is 1. The summed E-state index contributed by atoms with van der Waals surface area (Å²) in [5.74, 6) is -0.909. The first-order chi connectivity index (χ1) is 10.6. The number of carbonyl (C=O) groups is 1. The van der Waals surface area contributed by atoms with E-state index in [9.17, 15) is 9.90 Å². The van der Waals surface area contributed by atoms with Crippen LogP contribution in [0.1, 0.15) is 40.7 Å². The van der Waals surface area contributed by atoms with E-state index >= 15 is 0 Å². The van der Waals surface area contributed by atoms with Gasteiger partial charge in [-0.2, -0.15) is 0 Å². The summed E-state index contributed by atoms with van der Waals surface area (Å²) in [5, 5.41) is 9.22. The maximum Gasteiger partial charge on any atom is 0.328 e. The normalized spacial score (nSPS) is 14.5. The molecule has 1 aliphatic carbocycles. The van der Waals surface area contributed by atoms with E-state index in [0.717, 1.165) is 29.5 Å². The van der Waals surface area contributed by atoms with Crippen LogP contribution < -0.4 is 0 Å². The molecule has 2 aromatic carbocycles. The second-order valence-corrected chi connectivity index (χ2v) is 5.95. The highest BCUT2D eigenvalue weighted by Gasteiger charge is 2.13. The zero-order valence-electron chi connectivity index (χ0n) is 12.8. The Balaban J connectivity index is 2.06. The van der Waals surface area contributed by atoms with E-state index in [1.165, 1.54) is 35.6 Å². The van der Waals surface area contributed by atoms with Gasteiger partial charge in [-0.25, -0.2) is 4.79 Å². The first-order valence-electron chi connectivity index (χ1n) is 7.77. The molecule has 0 atom stereocenters. The minimum absolute atomic E-state index is 0.779. The van der Waals surface area contributed by atoms with E-state index in [1.54, 1.807) is 0 Å². The summed E-state index contributed by atoms with van der Waals surface area (Å²) in [7, 11) is 0. The molecule has 3 rings (SSSR count). The van der Waals surface area contributed by atoms with Crippen molar-refractivity contribution in [3.05, 3.63) is 76.4 Å². The number of hydrogen-bond donors (Lipinski definition) is 1. The fraction of sp³-hybridized carbons (Fsp3) is 0.250. The number of carboxylic acids is 1. The molecule has 0 aliphatic heterocycles. The van der Waals surface area contributed by atoms with Gasteiger partial charge in [0.05, 0.1) is 0 Å². The van der Waals surface area contributed by atoms with Gasteiger partial charge in [-0.3, -0.25) is 0 Å². The van der Waals surface area contributed by atoms with Gasteiger partial charge in [-0.15, -0.1) is 0 Å². The first kappa shape index (κ1) is 14.6. The minimum atomic E-state index is -0.909. The first-order valence-corrected chi connectivity index (χ1v) is 7.77. The summed E-state index contributed by atoms with van der Waals surface area (Å²) in [6, 6.07) is 14.4. The Morgan fingerprint density at radius 3 is 2.27 bits per heavy atom. The zero-order valence-corrected chi connectivity index (χ0v) is 12.8. The number of carboxylic acid groups (broad SMARTS) is 1. The third kappa shape index (κ3) is 3.11. The smallest absolute Gasteiger partial charge is 0.328 e. The van der Waals surface area contributed by atoms with Crippen molar-refractivity contribution >= 4 is 11.5 Å². The summed E-state index contributed by atoms with van der Waals surface area (Å²) in [6.07, 6.45) is 6.02. The maximum absolute atomic E-state index is 11.2. The van der Waals surface area contributed by atoms with E-state index in [4.69, 9.17) is 0 Å². The van der Waals surface area contributed by atoms with Gasteiger partial charge < -0.3 is 5.11 Å². The molecule has 112 valence electrons. The molecular formula is C20H20O2. The SMILES string of the molecule is Cc1ccc(/C(=C\C(=O)O)c2ccc3c(c2)CCCC3)cc1. The Kier molecular flexibility index (Phi) is 4.10. The van der Waals surface area contributed by atoms with Crippen molar-refractivity contribution in [2.24, 2.45) is 0 Å². The lowest BCUT2D eigenvalue weighted by atomic mass is 9.87. The van der Waals surface area contributed by atoms with Crippen molar-refractivity contribution in [1.82, 2.24) is 0 Å². The summed E-state index contributed by atoms with van der Waals surface area (Å²) in [6.45, 7) is 2.03. The second-order valence-electron chi connectivity index (χ2n) is 5.95. The molecule has 0 spiro atoms. The number of aliphatic carboxylic acids is 1. The molecule has 0 amide bonds. The Bertz CT molecular complexity index is 724. The van der Waals surface area contributed by atoms with E-state index < -0.39 is 5.97 Å². The topological polar surface area (TPSA) is 37.3 Å². The van der Waals surface area contributed by atoms with Crippen molar-refractivity contribution < 1.29 is 9.90 Å². The van der Waals surface area contributed by atoms with Crippen LogP contribution >= 0.6 is 0 Å². The zero-order chi connectivity index (χ0) is 15.5. The minimum Gasteiger partial charge on any atom is -0.478 e. The summed E-state index contributed by atoms with van der Waals surface area (Å²) >= 11 is 0. The highest BCUT2D eigenvalue weighted by molar-refractivity contribution is 5.95. The molecule has 2 aromatic rings. The third-order valence-corrected chi connectivity index (χ3v) is 4.29. The Hall–Kier alpha value is -2.35. The van der Waals surface area contributed by atoms with Crippen molar-refractivity contribution in [3.63, 3.8) is 0 Å². The lowest BCUT2D eigenvalue weighted by molar-refractivity contribution is -0.131. The molecule has 1 N–H and O–H groups in total. The largest absolute Gasteiger partial charge is 0.478 e. The molecule has 0 saturated carbocycles. The van der Waals surface area contributed by atoms with Crippen molar-refractivity contribution in [2.75, 3.05) is 0 Å². The molecule has 2 heteroatoms. The molecule has 0 unspecified atom stereocenters. The molecule has 0 saturated heterocycles. The monoisotopic (exact) mass is 292 g/mol. The van der Waals surface area contributed by atoms with E-state index in [1.807, 2.05) is 31.2 Å². The van der Waals surface area contributed by atoms with Crippen LogP contribution in [0.3, 0.4) is 0 Å². The third-order valence-electron chi connectivity index (χ3n) is 4.29. The Morgan fingerprint density at radius 2 is 1.59 bits per heavy atom. The van der Waals surface area contributed by atoms with Crippen LogP contribution in [0.4, 0.5) is 0 Å². The highest BCUT2D eigenvalue weighted by Crippen LogP contribution is 2.29. The summed E-state index contributed by atoms with van der Waals surface area (Å²) in [5.41, 5.74) is 6.67. The Morgan fingerprint density at radius 1 is 0.955 bits per heavy atom. The van der Waals surface area contributed by atoms with Gasteiger partial charge in [-0.05, 0) is 60.4 Å². The van der Waals surface area contributed by atoms with Crippen molar-refractivity contribution in [2.45, 2.75) is 32.6 Å². The molecule has 2 nitrogen and oxygen atoms in total. The quantitative estimate of drug-likeness (QED) is 0.852. The summed E-state index contributed by atoms with van der Waals surface area (Å²) < 4.78 is 0. The molecule has 0 radical (unpaired) electrons. The van der Waals surface area contributed by atoms with Crippen LogP contribution in [-0.4, -0.2) is 11.1 Å². The summed E-state index contributed by atoms with van der Waals surface area (Å²) in [4.78, 5) is 11.2. The lowest BCUT2D eigenvalue weighted by Crippen LogP contribution is -2.04. The molecule has 1 aliphatic rings. The molecule has 22 heavy (non-hydrogen) atoms. The van der Waals surface area contributed by atoms with Gasteiger partial charge >= 0.3 is 5.97 Å². The van der Waals surface area contributed by atoms with E-state index in [-0.39, 0.29) is 0 Å². The standard InChI is InChI=1S/C20H20O2/c1-14-6-8-16(9-7-14)19(13-20(21)22)18-11-10-15-4-2-3-5-17(15)12-18/h6-13H,2-5H2,1H3,(H,21,22)/b19-13+. The maximum atomic E-state index is 11.2. The average molecular weight is 292 g/mol. The highest BCUT2D eigenvalue weighted by atomic mass is 16.4. The predicted molar refractivity (Wildman–Crippen MR) is 89.0 cm³/mol. The molecule has 0 bridgehead atoms. The second kappa shape index (κ2) is 6.18. The van der Waals surface area contributed by atoms with Crippen LogP contribution in [0, 0.1) is 6.92 Å². The van der Waals surface area contributed by atoms with Gasteiger partial charge in [0.15, 0.2) is 0 Å². The fourth-order valence-corrected chi connectivity index (χ4v) is 3.09. The van der Waals surface area contributed by atoms with Gasteiger partial charge in [0.25, 0.3) is 0 Å². The molecule has 0 heterocycles. The van der Waals surface area contributed by atoms with Gasteiger partial charge in [-0.1, -0.05) is 48.0 Å². The van der Waals surface area contributed by atoms with E-state index in [2.05, 4.69) is 18.2 Å².